The zero-order valence-electron chi connectivity index (χ0n) is 13.9. The molecule has 116 valence electrons. The highest BCUT2D eigenvalue weighted by atomic mass is 16.2. The molecule has 4 heteroatoms. The first kappa shape index (κ1) is 17.2. The largest absolute Gasteiger partial charge is 0.330 e. The lowest BCUT2D eigenvalue weighted by Crippen LogP contribution is -2.49. The molecule has 0 heterocycles. The molecule has 0 aliphatic carbocycles. The fourth-order valence-corrected chi connectivity index (χ4v) is 2.18. The Kier molecular flexibility index (Phi) is 5.53. The maximum Gasteiger partial charge on any atom is 0.313 e. The molecule has 0 aromatic heterocycles. The van der Waals surface area contributed by atoms with Gasteiger partial charge < -0.3 is 10.2 Å². The number of nitrogens with zero attached hydrogens (tertiary/aromatic N) is 1. The van der Waals surface area contributed by atoms with E-state index in [2.05, 4.69) is 19.2 Å². The van der Waals surface area contributed by atoms with Gasteiger partial charge in [0.05, 0.1) is 0 Å². The molecule has 4 nitrogen and oxygen atoms in total. The first-order chi connectivity index (χ1) is 9.66. The summed E-state index contributed by atoms with van der Waals surface area (Å²) in [5, 5.41) is 2.66. The lowest BCUT2D eigenvalue weighted by Gasteiger charge is -2.34. The molecule has 0 atom stereocenters. The Morgan fingerprint density at radius 2 is 1.67 bits per heavy atom. The van der Waals surface area contributed by atoms with Gasteiger partial charge in [0, 0.05) is 17.8 Å². The highest BCUT2D eigenvalue weighted by Gasteiger charge is 2.29. The fraction of sp³-hybridized carbons (Fsp3) is 0.529. The molecule has 1 aromatic carbocycles. The van der Waals surface area contributed by atoms with Crippen molar-refractivity contribution in [2.24, 2.45) is 0 Å². The van der Waals surface area contributed by atoms with Gasteiger partial charge in [0.15, 0.2) is 0 Å². The predicted octanol–water partition coefficient (Wildman–Crippen LogP) is 3.40. The van der Waals surface area contributed by atoms with E-state index in [0.29, 0.717) is 18.2 Å². The Hall–Kier alpha value is -1.84. The van der Waals surface area contributed by atoms with Crippen LogP contribution in [0.2, 0.25) is 0 Å². The van der Waals surface area contributed by atoms with Crippen molar-refractivity contribution in [2.75, 3.05) is 11.9 Å². The van der Waals surface area contributed by atoms with E-state index in [0.717, 1.165) is 0 Å². The molecule has 1 N–H and O–H groups in total. The summed E-state index contributed by atoms with van der Waals surface area (Å²) in [6.07, 6.45) is 0. The van der Waals surface area contributed by atoms with Gasteiger partial charge in [-0.1, -0.05) is 26.0 Å². The maximum atomic E-state index is 12.2. The summed E-state index contributed by atoms with van der Waals surface area (Å²) in [7, 11) is 0. The number of benzene rings is 1. The minimum Gasteiger partial charge on any atom is -0.330 e. The van der Waals surface area contributed by atoms with Gasteiger partial charge in [0.1, 0.15) is 0 Å². The molecule has 0 aliphatic heterocycles. The van der Waals surface area contributed by atoms with Gasteiger partial charge in [-0.15, -0.1) is 0 Å². The second kappa shape index (κ2) is 6.74. The molecular weight excluding hydrogens is 264 g/mol. The molecule has 0 radical (unpaired) electrons. The normalized spacial score (nSPS) is 11.4. The zero-order valence-corrected chi connectivity index (χ0v) is 13.9. The minimum atomic E-state index is -0.593. The number of hydrogen-bond donors (Lipinski definition) is 1. The smallest absolute Gasteiger partial charge is 0.313 e. The van der Waals surface area contributed by atoms with Crippen LogP contribution in [-0.2, 0) is 9.59 Å². The van der Waals surface area contributed by atoms with E-state index in [9.17, 15) is 9.59 Å². The number of carbonyl (C=O) groups excluding carboxylic acids is 2. The van der Waals surface area contributed by atoms with E-state index in [1.54, 1.807) is 4.90 Å². The minimum absolute atomic E-state index is 0.370. The van der Waals surface area contributed by atoms with E-state index in [-0.39, 0.29) is 5.54 Å². The number of hydrogen-bond acceptors (Lipinski definition) is 2. The molecule has 0 saturated heterocycles. The summed E-state index contributed by atoms with van der Waals surface area (Å²) in [5.74, 6) is -0.658. The average molecular weight is 290 g/mol. The van der Waals surface area contributed by atoms with Gasteiger partial charge in [0.25, 0.3) is 0 Å². The van der Waals surface area contributed by atoms with Crippen LogP contribution < -0.4 is 5.32 Å². The van der Waals surface area contributed by atoms with Crippen molar-refractivity contribution in [2.45, 2.75) is 53.0 Å². The Morgan fingerprint density at radius 1 is 1.14 bits per heavy atom. The number of rotatable bonds is 3. The first-order valence-corrected chi connectivity index (χ1v) is 7.39. The second-order valence-electron chi connectivity index (χ2n) is 6.45. The van der Waals surface area contributed by atoms with Crippen LogP contribution in [0.5, 0.6) is 0 Å². The number of anilines is 1. The highest BCUT2D eigenvalue weighted by Crippen LogP contribution is 2.18. The Bertz CT molecular complexity index is 499. The van der Waals surface area contributed by atoms with Crippen molar-refractivity contribution >= 4 is 17.5 Å². The maximum absolute atomic E-state index is 12.2. The summed E-state index contributed by atoms with van der Waals surface area (Å²) in [6.45, 7) is 12.3. The van der Waals surface area contributed by atoms with E-state index >= 15 is 0 Å². The van der Waals surface area contributed by atoms with E-state index in [1.807, 2.05) is 52.0 Å². The van der Waals surface area contributed by atoms with Crippen molar-refractivity contribution in [3.05, 3.63) is 29.8 Å². The molecule has 1 aromatic rings. The van der Waals surface area contributed by atoms with E-state index in [4.69, 9.17) is 0 Å². The number of likely N-dealkylation sites (N-methyl/N-ethyl adjacent to an activating group) is 1. The number of nitrogens with one attached hydrogen (secondary N) is 1. The van der Waals surface area contributed by atoms with Gasteiger partial charge >= 0.3 is 11.8 Å². The summed E-state index contributed by atoms with van der Waals surface area (Å²) in [6, 6.07) is 7.58. The molecule has 21 heavy (non-hydrogen) atoms. The molecule has 1 rings (SSSR count). The van der Waals surface area contributed by atoms with Gasteiger partial charge in [0.2, 0.25) is 0 Å². The summed E-state index contributed by atoms with van der Waals surface area (Å²) in [5.41, 5.74) is 1.47. The fourth-order valence-electron chi connectivity index (χ4n) is 2.18. The quantitative estimate of drug-likeness (QED) is 0.867. The topological polar surface area (TPSA) is 49.4 Å². The van der Waals surface area contributed by atoms with Gasteiger partial charge in [-0.2, -0.15) is 0 Å². The average Bonchev–Trinajstić information content (AvgIpc) is 2.38. The van der Waals surface area contributed by atoms with Crippen LogP contribution >= 0.6 is 0 Å². The molecule has 0 bridgehead atoms. The summed E-state index contributed by atoms with van der Waals surface area (Å²) in [4.78, 5) is 25.9. The van der Waals surface area contributed by atoms with Crippen molar-refractivity contribution in [1.29, 1.82) is 0 Å². The van der Waals surface area contributed by atoms with Crippen LogP contribution in [0.3, 0.4) is 0 Å². The van der Waals surface area contributed by atoms with Crippen LogP contribution in [0.4, 0.5) is 5.69 Å². The molecule has 2 amide bonds. The Balaban J connectivity index is 2.78. The summed E-state index contributed by atoms with van der Waals surface area (Å²) < 4.78 is 0. The first-order valence-electron chi connectivity index (χ1n) is 7.39. The van der Waals surface area contributed by atoms with Gasteiger partial charge in [-0.05, 0) is 51.3 Å². The molecule has 0 unspecified atom stereocenters. The third-order valence-electron chi connectivity index (χ3n) is 3.40. The van der Waals surface area contributed by atoms with Gasteiger partial charge in [-0.25, -0.2) is 0 Å². The molecular formula is C17H26N2O2. The van der Waals surface area contributed by atoms with Gasteiger partial charge in [-0.3, -0.25) is 9.59 Å². The lowest BCUT2D eigenvalue weighted by molar-refractivity contribution is -0.146. The molecule has 0 fully saturated rings. The van der Waals surface area contributed by atoms with Crippen LogP contribution in [0.1, 0.15) is 53.0 Å². The second-order valence-corrected chi connectivity index (χ2v) is 6.45. The number of carbonyl (C=O) groups is 2. The van der Waals surface area contributed by atoms with Crippen LogP contribution in [0.15, 0.2) is 24.3 Å². The lowest BCUT2D eigenvalue weighted by atomic mass is 10.0. The Labute approximate surface area is 127 Å². The van der Waals surface area contributed by atoms with E-state index < -0.39 is 11.8 Å². The molecule has 0 saturated carbocycles. The van der Waals surface area contributed by atoms with Crippen molar-refractivity contribution in [3.63, 3.8) is 0 Å². The molecule has 0 spiro atoms. The summed E-state index contributed by atoms with van der Waals surface area (Å²) >= 11 is 0. The third kappa shape index (κ3) is 4.59. The SMILES string of the molecule is CCN(C(=O)C(=O)Nc1ccc(C(C)C)cc1)C(C)(C)C. The van der Waals surface area contributed by atoms with Crippen molar-refractivity contribution in [1.82, 2.24) is 4.90 Å². The Morgan fingerprint density at radius 3 is 2.05 bits per heavy atom. The third-order valence-corrected chi connectivity index (χ3v) is 3.40. The van der Waals surface area contributed by atoms with Crippen molar-refractivity contribution in [3.8, 4) is 0 Å². The van der Waals surface area contributed by atoms with Crippen LogP contribution in [-0.4, -0.2) is 28.8 Å². The van der Waals surface area contributed by atoms with E-state index in [1.165, 1.54) is 5.56 Å². The predicted molar refractivity (Wildman–Crippen MR) is 86.3 cm³/mol. The zero-order chi connectivity index (χ0) is 16.2. The van der Waals surface area contributed by atoms with Crippen molar-refractivity contribution < 1.29 is 9.59 Å². The standard InChI is InChI=1S/C17H26N2O2/c1-7-19(17(4,5)6)16(21)15(20)18-14-10-8-13(9-11-14)12(2)3/h8-12H,7H2,1-6H3,(H,18,20). The van der Waals surface area contributed by atoms with Crippen LogP contribution in [0.25, 0.3) is 0 Å². The monoisotopic (exact) mass is 290 g/mol. The van der Waals surface area contributed by atoms with Crippen LogP contribution in [0, 0.1) is 0 Å². The number of amides is 2. The highest BCUT2D eigenvalue weighted by molar-refractivity contribution is 6.39. The molecule has 0 aliphatic rings.